The summed E-state index contributed by atoms with van der Waals surface area (Å²) in [6, 6.07) is 0. The van der Waals surface area contributed by atoms with E-state index in [4.69, 9.17) is 9.47 Å². The van der Waals surface area contributed by atoms with Crippen LogP contribution >= 0.6 is 0 Å². The fraction of sp³-hybridized carbons (Fsp3) is 1.00. The Balaban J connectivity index is 2.41. The number of hydrogen-bond donors (Lipinski definition) is 0. The summed E-state index contributed by atoms with van der Waals surface area (Å²) < 4.78 is 33.2. The van der Waals surface area contributed by atoms with Gasteiger partial charge in [-0.15, -0.1) is 0 Å². The summed E-state index contributed by atoms with van der Waals surface area (Å²) in [4.78, 5) is 0. The lowest BCUT2D eigenvalue weighted by Gasteiger charge is -2.06. The van der Waals surface area contributed by atoms with Crippen molar-refractivity contribution in [1.82, 2.24) is 0 Å². The molecule has 1 aliphatic rings. The molecule has 1 heterocycles. The van der Waals surface area contributed by atoms with Crippen LogP contribution in [0.15, 0.2) is 0 Å². The molecule has 2 nitrogen and oxygen atoms in total. The number of hydrogen-bond acceptors (Lipinski definition) is 2. The van der Waals surface area contributed by atoms with Gasteiger partial charge in [-0.2, -0.15) is 0 Å². The molecule has 0 aromatic rings. The zero-order valence-corrected chi connectivity index (χ0v) is 5.88. The van der Waals surface area contributed by atoms with Crippen molar-refractivity contribution in [2.75, 3.05) is 0 Å². The molecule has 0 aromatic heterocycles. The van der Waals surface area contributed by atoms with Gasteiger partial charge in [-0.25, -0.2) is 8.78 Å². The third-order valence-electron chi connectivity index (χ3n) is 1.56. The number of ether oxygens (including phenoxy) is 2. The van der Waals surface area contributed by atoms with E-state index in [2.05, 4.69) is 0 Å². The molecular formula is C6H10F2O2. The van der Waals surface area contributed by atoms with Crippen molar-refractivity contribution in [3.8, 4) is 0 Å². The Morgan fingerprint density at radius 1 is 1.10 bits per heavy atom. The molecule has 60 valence electrons. The van der Waals surface area contributed by atoms with Crippen molar-refractivity contribution >= 4 is 0 Å². The highest BCUT2D eigenvalue weighted by Crippen LogP contribution is 2.22. The first-order valence-corrected chi connectivity index (χ1v) is 3.20. The normalized spacial score (nSPS) is 41.1. The predicted octanol–water partition coefficient (Wildman–Crippen LogP) is 1.40. The van der Waals surface area contributed by atoms with Gasteiger partial charge in [0.25, 0.3) is 6.43 Å². The van der Waals surface area contributed by atoms with E-state index in [-0.39, 0.29) is 12.2 Å². The van der Waals surface area contributed by atoms with Crippen LogP contribution in [-0.4, -0.2) is 24.9 Å². The molecule has 0 spiro atoms. The lowest BCUT2D eigenvalue weighted by atomic mass is 10.3. The molecule has 1 fully saturated rings. The fourth-order valence-corrected chi connectivity index (χ4v) is 0.795. The minimum Gasteiger partial charge on any atom is -0.342 e. The van der Waals surface area contributed by atoms with E-state index in [1.165, 1.54) is 0 Å². The molecule has 0 radical (unpaired) electrons. The van der Waals surface area contributed by atoms with Crippen LogP contribution in [0, 0.1) is 0 Å². The van der Waals surface area contributed by atoms with Gasteiger partial charge in [0.15, 0.2) is 0 Å². The van der Waals surface area contributed by atoms with Gasteiger partial charge >= 0.3 is 0 Å². The van der Waals surface area contributed by atoms with Crippen molar-refractivity contribution in [1.29, 1.82) is 0 Å². The van der Waals surface area contributed by atoms with Crippen molar-refractivity contribution < 1.29 is 18.3 Å². The number of rotatable bonds is 1. The highest BCUT2D eigenvalue weighted by Gasteiger charge is 2.35. The Bertz CT molecular complexity index is 108. The second-order valence-electron chi connectivity index (χ2n) is 2.39. The fourth-order valence-electron chi connectivity index (χ4n) is 0.795. The summed E-state index contributed by atoms with van der Waals surface area (Å²) in [6.07, 6.45) is -4.30. The van der Waals surface area contributed by atoms with Crippen molar-refractivity contribution in [3.05, 3.63) is 0 Å². The van der Waals surface area contributed by atoms with Crippen LogP contribution in [0.3, 0.4) is 0 Å². The maximum Gasteiger partial charge on any atom is 0.288 e. The third kappa shape index (κ3) is 1.44. The second kappa shape index (κ2) is 2.80. The van der Waals surface area contributed by atoms with Crippen LogP contribution in [0.1, 0.15) is 13.8 Å². The molecule has 1 aliphatic heterocycles. The molecule has 0 saturated carbocycles. The molecule has 2 atom stereocenters. The topological polar surface area (TPSA) is 18.5 Å². The first-order valence-electron chi connectivity index (χ1n) is 3.20. The van der Waals surface area contributed by atoms with Gasteiger partial charge < -0.3 is 9.47 Å². The van der Waals surface area contributed by atoms with E-state index in [1.807, 2.05) is 0 Å². The molecule has 0 aromatic carbocycles. The molecule has 0 N–H and O–H groups in total. The summed E-state index contributed by atoms with van der Waals surface area (Å²) in [5, 5.41) is 0. The number of halogens is 2. The molecule has 0 amide bonds. The Morgan fingerprint density at radius 3 is 1.70 bits per heavy atom. The molecular weight excluding hydrogens is 142 g/mol. The summed E-state index contributed by atoms with van der Waals surface area (Å²) >= 11 is 0. The summed E-state index contributed by atoms with van der Waals surface area (Å²) in [5.41, 5.74) is 0. The van der Waals surface area contributed by atoms with Crippen LogP contribution < -0.4 is 0 Å². The molecule has 0 bridgehead atoms. The maximum absolute atomic E-state index is 11.8. The van der Waals surface area contributed by atoms with E-state index in [1.54, 1.807) is 13.8 Å². The summed E-state index contributed by atoms with van der Waals surface area (Å²) in [5.74, 6) is 0. The zero-order chi connectivity index (χ0) is 7.72. The van der Waals surface area contributed by atoms with Gasteiger partial charge in [0.05, 0.1) is 12.2 Å². The highest BCUT2D eigenvalue weighted by molar-refractivity contribution is 4.69. The molecule has 10 heavy (non-hydrogen) atoms. The highest BCUT2D eigenvalue weighted by atomic mass is 19.3. The smallest absolute Gasteiger partial charge is 0.288 e. The van der Waals surface area contributed by atoms with Gasteiger partial charge in [-0.3, -0.25) is 0 Å². The van der Waals surface area contributed by atoms with Gasteiger partial charge in [-0.1, -0.05) is 0 Å². The Morgan fingerprint density at radius 2 is 1.50 bits per heavy atom. The lowest BCUT2D eigenvalue weighted by Crippen LogP contribution is -2.19. The van der Waals surface area contributed by atoms with Crippen LogP contribution in [-0.2, 0) is 9.47 Å². The minimum atomic E-state index is -2.53. The van der Waals surface area contributed by atoms with E-state index in [9.17, 15) is 8.78 Å². The molecule has 4 heteroatoms. The first kappa shape index (κ1) is 7.88. The third-order valence-corrected chi connectivity index (χ3v) is 1.56. The van der Waals surface area contributed by atoms with E-state index in [0.717, 1.165) is 0 Å². The van der Waals surface area contributed by atoms with Crippen LogP contribution in [0.2, 0.25) is 0 Å². The van der Waals surface area contributed by atoms with E-state index < -0.39 is 12.7 Å². The molecule has 1 rings (SSSR count). The molecule has 2 unspecified atom stereocenters. The quantitative estimate of drug-likeness (QED) is 0.565. The van der Waals surface area contributed by atoms with Crippen molar-refractivity contribution in [3.63, 3.8) is 0 Å². The average Bonchev–Trinajstić information content (AvgIpc) is 2.13. The average molecular weight is 152 g/mol. The molecule has 1 saturated heterocycles. The largest absolute Gasteiger partial charge is 0.342 e. The maximum atomic E-state index is 11.8. The summed E-state index contributed by atoms with van der Waals surface area (Å²) in [7, 11) is 0. The zero-order valence-electron chi connectivity index (χ0n) is 5.88. The van der Waals surface area contributed by atoms with Gasteiger partial charge in [0, 0.05) is 0 Å². The van der Waals surface area contributed by atoms with Crippen LogP contribution in [0.4, 0.5) is 8.78 Å². The Labute approximate surface area is 58.1 Å². The second-order valence-corrected chi connectivity index (χ2v) is 2.39. The van der Waals surface area contributed by atoms with Crippen molar-refractivity contribution in [2.45, 2.75) is 38.8 Å². The Kier molecular flexibility index (Phi) is 2.21. The monoisotopic (exact) mass is 152 g/mol. The van der Waals surface area contributed by atoms with Crippen molar-refractivity contribution in [2.24, 2.45) is 0 Å². The first-order chi connectivity index (χ1) is 4.61. The van der Waals surface area contributed by atoms with Crippen LogP contribution in [0.5, 0.6) is 0 Å². The summed E-state index contributed by atoms with van der Waals surface area (Å²) in [6.45, 7) is 3.43. The van der Waals surface area contributed by atoms with Gasteiger partial charge in [0.2, 0.25) is 6.29 Å². The lowest BCUT2D eigenvalue weighted by molar-refractivity contribution is -0.149. The van der Waals surface area contributed by atoms with Gasteiger partial charge in [-0.05, 0) is 13.8 Å². The SMILES string of the molecule is CC1OC(C(F)F)OC1C. The number of alkyl halides is 2. The van der Waals surface area contributed by atoms with Crippen LogP contribution in [0.25, 0.3) is 0 Å². The predicted molar refractivity (Wildman–Crippen MR) is 30.9 cm³/mol. The van der Waals surface area contributed by atoms with E-state index >= 15 is 0 Å². The minimum absolute atomic E-state index is 0.223. The van der Waals surface area contributed by atoms with Gasteiger partial charge in [0.1, 0.15) is 0 Å². The standard InChI is InChI=1S/C6H10F2O2/c1-3-4(2)10-6(9-3)5(7)8/h3-6H,1-2H3. The van der Waals surface area contributed by atoms with E-state index in [0.29, 0.717) is 0 Å². The molecule has 0 aliphatic carbocycles. The Hall–Kier alpha value is -0.220.